The Hall–Kier alpha value is -0.420. The van der Waals surface area contributed by atoms with Crippen molar-refractivity contribution in [3.63, 3.8) is 0 Å². The van der Waals surface area contributed by atoms with Crippen LogP contribution in [0, 0.1) is 11.7 Å². The van der Waals surface area contributed by atoms with Gasteiger partial charge in [-0.25, -0.2) is 4.39 Å². The van der Waals surface area contributed by atoms with Crippen molar-refractivity contribution in [1.29, 1.82) is 0 Å². The van der Waals surface area contributed by atoms with Gasteiger partial charge in [-0.2, -0.15) is 0 Å². The van der Waals surface area contributed by atoms with Crippen molar-refractivity contribution in [1.82, 2.24) is 0 Å². The normalized spacial score (nSPS) is 25.6. The van der Waals surface area contributed by atoms with Crippen LogP contribution in [0.1, 0.15) is 43.6 Å². The van der Waals surface area contributed by atoms with Crippen molar-refractivity contribution < 1.29 is 4.39 Å². The summed E-state index contributed by atoms with van der Waals surface area (Å²) in [6.07, 6.45) is 7.82. The number of rotatable bonds is 3. The molecule has 0 aromatic heterocycles. The monoisotopic (exact) mass is 238 g/mol. The number of hydrogen-bond donors (Lipinski definition) is 0. The van der Waals surface area contributed by atoms with Crippen LogP contribution >= 0.6 is 9.24 Å². The summed E-state index contributed by atoms with van der Waals surface area (Å²) >= 11 is 0. The van der Waals surface area contributed by atoms with Gasteiger partial charge < -0.3 is 0 Å². The Labute approximate surface area is 99.8 Å². The topological polar surface area (TPSA) is 0 Å². The van der Waals surface area contributed by atoms with Crippen LogP contribution in [-0.4, -0.2) is 6.16 Å². The van der Waals surface area contributed by atoms with Crippen LogP contribution in [0.4, 0.5) is 4.39 Å². The molecule has 88 valence electrons. The highest BCUT2D eigenvalue weighted by atomic mass is 31.0. The Morgan fingerprint density at radius 3 is 2.25 bits per heavy atom. The largest absolute Gasteiger partial charge is 0.207 e. The molecule has 1 fully saturated rings. The van der Waals surface area contributed by atoms with Gasteiger partial charge in [-0.1, -0.05) is 12.1 Å². The first-order valence-corrected chi connectivity index (χ1v) is 7.07. The van der Waals surface area contributed by atoms with E-state index in [0.29, 0.717) is 5.92 Å². The fourth-order valence-electron chi connectivity index (χ4n) is 2.76. The molecule has 1 aliphatic rings. The van der Waals surface area contributed by atoms with Crippen LogP contribution in [0.15, 0.2) is 24.3 Å². The second-order valence-electron chi connectivity index (χ2n) is 4.85. The van der Waals surface area contributed by atoms with Gasteiger partial charge in [0.25, 0.3) is 0 Å². The number of benzene rings is 1. The lowest BCUT2D eigenvalue weighted by Gasteiger charge is -2.28. The van der Waals surface area contributed by atoms with Crippen molar-refractivity contribution in [3.05, 3.63) is 35.6 Å². The zero-order valence-corrected chi connectivity index (χ0v) is 10.8. The van der Waals surface area contributed by atoms with Crippen molar-refractivity contribution in [2.45, 2.75) is 38.0 Å². The molecule has 1 saturated carbocycles. The predicted octanol–water partition coefficient (Wildman–Crippen LogP) is 4.36. The minimum absolute atomic E-state index is 0.125. The maximum atomic E-state index is 12.8. The molecule has 1 atom stereocenters. The van der Waals surface area contributed by atoms with Crippen LogP contribution in [0.2, 0.25) is 0 Å². The molecular weight excluding hydrogens is 218 g/mol. The molecule has 0 amide bonds. The van der Waals surface area contributed by atoms with Gasteiger partial charge in [-0.05, 0) is 67.8 Å². The highest BCUT2D eigenvalue weighted by Gasteiger charge is 2.21. The quantitative estimate of drug-likeness (QED) is 0.686. The molecule has 2 rings (SSSR count). The van der Waals surface area contributed by atoms with E-state index in [9.17, 15) is 4.39 Å². The van der Waals surface area contributed by atoms with Gasteiger partial charge >= 0.3 is 0 Å². The maximum absolute atomic E-state index is 12.8. The molecule has 0 spiro atoms. The first-order valence-electron chi connectivity index (χ1n) is 6.25. The molecule has 1 aliphatic carbocycles. The lowest BCUT2D eigenvalue weighted by atomic mass is 9.78. The van der Waals surface area contributed by atoms with Gasteiger partial charge in [0.05, 0.1) is 0 Å². The molecule has 2 heteroatoms. The van der Waals surface area contributed by atoms with Gasteiger partial charge in [0.2, 0.25) is 0 Å². The molecule has 0 saturated heterocycles. The van der Waals surface area contributed by atoms with E-state index in [4.69, 9.17) is 0 Å². The molecule has 0 nitrogen and oxygen atoms in total. The van der Waals surface area contributed by atoms with Crippen LogP contribution in [0.5, 0.6) is 0 Å². The number of halogens is 1. The van der Waals surface area contributed by atoms with E-state index in [-0.39, 0.29) is 5.82 Å². The SMILES string of the molecule is Fc1ccc(C2CCC(CCP)CC2)cc1. The molecule has 0 bridgehead atoms. The van der Waals surface area contributed by atoms with Crippen molar-refractivity contribution >= 4 is 9.24 Å². The van der Waals surface area contributed by atoms with E-state index in [1.54, 1.807) is 12.1 Å². The molecule has 0 aliphatic heterocycles. The zero-order valence-electron chi connectivity index (χ0n) is 9.66. The molecule has 1 aromatic carbocycles. The van der Waals surface area contributed by atoms with Crippen LogP contribution < -0.4 is 0 Å². The average Bonchev–Trinajstić information content (AvgIpc) is 2.32. The summed E-state index contributed by atoms with van der Waals surface area (Å²) in [6.45, 7) is 0. The Balaban J connectivity index is 1.91. The minimum atomic E-state index is -0.125. The second-order valence-corrected chi connectivity index (χ2v) is 5.42. The van der Waals surface area contributed by atoms with Gasteiger partial charge in [-0.15, -0.1) is 9.24 Å². The van der Waals surface area contributed by atoms with Crippen LogP contribution in [-0.2, 0) is 0 Å². The highest BCUT2D eigenvalue weighted by Crippen LogP contribution is 2.37. The molecule has 1 aromatic rings. The summed E-state index contributed by atoms with van der Waals surface area (Å²) < 4.78 is 12.8. The second kappa shape index (κ2) is 5.77. The van der Waals surface area contributed by atoms with Gasteiger partial charge in [0.1, 0.15) is 5.82 Å². The van der Waals surface area contributed by atoms with Crippen molar-refractivity contribution in [3.8, 4) is 0 Å². The van der Waals surface area contributed by atoms with Gasteiger partial charge in [-0.3, -0.25) is 0 Å². The summed E-state index contributed by atoms with van der Waals surface area (Å²) in [5.74, 6) is 1.47. The lowest BCUT2D eigenvalue weighted by molar-refractivity contribution is 0.320. The standard InChI is InChI=1S/C14H20FP/c15-14-7-5-13(6-8-14)12-3-1-11(2-4-12)9-10-16/h5-8,11-12H,1-4,9-10,16H2. The van der Waals surface area contributed by atoms with E-state index >= 15 is 0 Å². The van der Waals surface area contributed by atoms with E-state index < -0.39 is 0 Å². The predicted molar refractivity (Wildman–Crippen MR) is 70.3 cm³/mol. The summed E-state index contributed by atoms with van der Waals surface area (Å²) in [4.78, 5) is 0. The summed E-state index contributed by atoms with van der Waals surface area (Å²) in [5.41, 5.74) is 1.32. The minimum Gasteiger partial charge on any atom is -0.207 e. The van der Waals surface area contributed by atoms with Gasteiger partial charge in [0, 0.05) is 0 Å². The Morgan fingerprint density at radius 1 is 1.06 bits per heavy atom. The van der Waals surface area contributed by atoms with E-state index in [2.05, 4.69) is 9.24 Å². The Kier molecular flexibility index (Phi) is 4.35. The van der Waals surface area contributed by atoms with E-state index in [1.807, 2.05) is 12.1 Å². The molecule has 0 radical (unpaired) electrons. The first-order chi connectivity index (χ1) is 7.79. The van der Waals surface area contributed by atoms with E-state index in [1.165, 1.54) is 43.8 Å². The smallest absolute Gasteiger partial charge is 0.123 e. The number of hydrogen-bond acceptors (Lipinski definition) is 0. The third kappa shape index (κ3) is 3.04. The van der Waals surface area contributed by atoms with E-state index in [0.717, 1.165) is 5.92 Å². The highest BCUT2D eigenvalue weighted by molar-refractivity contribution is 7.16. The third-order valence-corrected chi connectivity index (χ3v) is 4.10. The zero-order chi connectivity index (χ0) is 11.4. The van der Waals surface area contributed by atoms with Crippen LogP contribution in [0.3, 0.4) is 0 Å². The van der Waals surface area contributed by atoms with Gasteiger partial charge in [0.15, 0.2) is 0 Å². The molecular formula is C14H20FP. The summed E-state index contributed by atoms with van der Waals surface area (Å²) in [5, 5.41) is 0. The van der Waals surface area contributed by atoms with Crippen molar-refractivity contribution in [2.24, 2.45) is 5.92 Å². The lowest BCUT2D eigenvalue weighted by Crippen LogP contribution is -2.13. The molecule has 1 unspecified atom stereocenters. The molecule has 0 heterocycles. The fraction of sp³-hybridized carbons (Fsp3) is 0.571. The molecule has 16 heavy (non-hydrogen) atoms. The maximum Gasteiger partial charge on any atom is 0.123 e. The summed E-state index contributed by atoms with van der Waals surface area (Å²) in [6, 6.07) is 7.08. The van der Waals surface area contributed by atoms with Crippen LogP contribution in [0.25, 0.3) is 0 Å². The van der Waals surface area contributed by atoms with Crippen molar-refractivity contribution in [2.75, 3.05) is 6.16 Å². The molecule has 0 N–H and O–H groups in total. The fourth-order valence-corrected chi connectivity index (χ4v) is 3.23. The third-order valence-electron chi connectivity index (χ3n) is 3.76. The Morgan fingerprint density at radius 2 is 1.69 bits per heavy atom. The first kappa shape index (κ1) is 12.0. The summed E-state index contributed by atoms with van der Waals surface area (Å²) in [7, 11) is 2.82. The Bertz CT molecular complexity index is 312. The average molecular weight is 238 g/mol.